The molecule has 1 saturated heterocycles. The summed E-state index contributed by atoms with van der Waals surface area (Å²) < 4.78 is 28.4. The fraction of sp³-hybridized carbons (Fsp3) is 1.00. The van der Waals surface area contributed by atoms with E-state index in [0.29, 0.717) is 13.1 Å². The van der Waals surface area contributed by atoms with Gasteiger partial charge >= 0.3 is 0 Å². The van der Waals surface area contributed by atoms with E-state index in [-0.39, 0.29) is 12.2 Å². The molecule has 0 spiro atoms. The minimum Gasteiger partial charge on any atom is -0.373 e. The summed E-state index contributed by atoms with van der Waals surface area (Å²) in [6, 6.07) is 0. The van der Waals surface area contributed by atoms with Crippen molar-refractivity contribution in [1.29, 1.82) is 0 Å². The number of hydrogen-bond donors (Lipinski definition) is 0. The number of morpholine rings is 1. The van der Waals surface area contributed by atoms with Crippen molar-refractivity contribution in [3.05, 3.63) is 0 Å². The predicted octanol–water partition coefficient (Wildman–Crippen LogP) is 0.579. The van der Waals surface area contributed by atoms with Crippen LogP contribution in [-0.2, 0) is 14.0 Å². The summed E-state index contributed by atoms with van der Waals surface area (Å²) in [6.45, 7) is 4.34. The van der Waals surface area contributed by atoms with Crippen LogP contribution in [0.3, 0.4) is 0 Å². The number of hydrogen-bond acceptors (Lipinski definition) is 3. The molecule has 72 valence electrons. The molecular weight excluding hydrogens is 202 g/mol. The largest absolute Gasteiger partial charge is 0.373 e. The van der Waals surface area contributed by atoms with Crippen LogP contribution < -0.4 is 0 Å². The van der Waals surface area contributed by atoms with E-state index in [4.69, 9.17) is 15.4 Å². The number of nitrogens with zero attached hydrogens (tertiary/aromatic N) is 1. The third-order valence-electron chi connectivity index (χ3n) is 1.69. The Balaban J connectivity index is 2.68. The molecule has 0 aromatic rings. The van der Waals surface area contributed by atoms with Gasteiger partial charge in [-0.05, 0) is 13.8 Å². The second kappa shape index (κ2) is 3.49. The molecule has 2 atom stereocenters. The fourth-order valence-electron chi connectivity index (χ4n) is 1.31. The van der Waals surface area contributed by atoms with Crippen molar-refractivity contribution in [1.82, 2.24) is 4.31 Å². The molecule has 1 aliphatic rings. The molecule has 1 fully saturated rings. The van der Waals surface area contributed by atoms with Crippen LogP contribution in [-0.4, -0.2) is 38.0 Å². The molecule has 1 aliphatic heterocycles. The molecule has 1 heterocycles. The normalized spacial score (nSPS) is 33.6. The quantitative estimate of drug-likeness (QED) is 0.599. The highest BCUT2D eigenvalue weighted by atomic mass is 35.7. The SMILES string of the molecule is CC1CN(S(=O)(=O)Cl)CC(C)O1. The van der Waals surface area contributed by atoms with Crippen LogP contribution in [0.2, 0.25) is 0 Å². The summed E-state index contributed by atoms with van der Waals surface area (Å²) in [4.78, 5) is 0. The Kier molecular flexibility index (Phi) is 2.98. The third kappa shape index (κ3) is 2.58. The lowest BCUT2D eigenvalue weighted by atomic mass is 10.3. The molecule has 12 heavy (non-hydrogen) atoms. The molecular formula is C6H12ClNO3S. The monoisotopic (exact) mass is 213 g/mol. The van der Waals surface area contributed by atoms with Crippen LogP contribution in [0.25, 0.3) is 0 Å². The average molecular weight is 214 g/mol. The molecule has 0 N–H and O–H groups in total. The number of halogens is 1. The Labute approximate surface area is 77.0 Å². The van der Waals surface area contributed by atoms with Crippen LogP contribution >= 0.6 is 10.7 Å². The summed E-state index contributed by atoms with van der Waals surface area (Å²) >= 11 is 0. The summed E-state index contributed by atoms with van der Waals surface area (Å²) in [6.07, 6.45) is -0.162. The summed E-state index contributed by atoms with van der Waals surface area (Å²) in [5, 5.41) is 0. The van der Waals surface area contributed by atoms with Gasteiger partial charge in [0.2, 0.25) is 0 Å². The van der Waals surface area contributed by atoms with Crippen LogP contribution in [0.5, 0.6) is 0 Å². The van der Waals surface area contributed by atoms with Gasteiger partial charge in [-0.2, -0.15) is 12.7 Å². The van der Waals surface area contributed by atoms with Crippen LogP contribution in [0.4, 0.5) is 0 Å². The molecule has 0 bridgehead atoms. The van der Waals surface area contributed by atoms with Crippen molar-refractivity contribution in [2.45, 2.75) is 26.1 Å². The molecule has 1 rings (SSSR count). The molecule has 0 aromatic heterocycles. The molecule has 4 nitrogen and oxygen atoms in total. The summed E-state index contributed by atoms with van der Waals surface area (Å²) in [7, 11) is 1.62. The second-order valence-electron chi connectivity index (χ2n) is 3.02. The molecule has 0 aliphatic carbocycles. The van der Waals surface area contributed by atoms with Gasteiger partial charge in [-0.3, -0.25) is 0 Å². The van der Waals surface area contributed by atoms with E-state index in [2.05, 4.69) is 0 Å². The smallest absolute Gasteiger partial charge is 0.299 e. The predicted molar refractivity (Wildman–Crippen MR) is 46.4 cm³/mol. The molecule has 2 unspecified atom stereocenters. The first-order chi connectivity index (χ1) is 5.39. The zero-order chi connectivity index (χ0) is 9.35. The zero-order valence-electron chi connectivity index (χ0n) is 7.03. The van der Waals surface area contributed by atoms with Gasteiger partial charge in [0.05, 0.1) is 12.2 Å². The highest BCUT2D eigenvalue weighted by Crippen LogP contribution is 2.16. The highest BCUT2D eigenvalue weighted by molar-refractivity contribution is 8.11. The lowest BCUT2D eigenvalue weighted by Gasteiger charge is -2.32. The topological polar surface area (TPSA) is 46.6 Å². The molecule has 0 amide bonds. The van der Waals surface area contributed by atoms with Crippen molar-refractivity contribution < 1.29 is 13.2 Å². The minimum atomic E-state index is -3.57. The van der Waals surface area contributed by atoms with Gasteiger partial charge in [0.1, 0.15) is 0 Å². The van der Waals surface area contributed by atoms with E-state index in [1.54, 1.807) is 0 Å². The van der Waals surface area contributed by atoms with Gasteiger partial charge in [-0.15, -0.1) is 0 Å². The highest BCUT2D eigenvalue weighted by Gasteiger charge is 2.29. The maximum absolute atomic E-state index is 10.9. The first-order valence-electron chi connectivity index (χ1n) is 3.75. The van der Waals surface area contributed by atoms with Crippen molar-refractivity contribution in [2.75, 3.05) is 13.1 Å². The Morgan fingerprint density at radius 1 is 1.33 bits per heavy atom. The maximum Gasteiger partial charge on any atom is 0.299 e. The lowest BCUT2D eigenvalue weighted by molar-refractivity contribution is -0.0435. The zero-order valence-corrected chi connectivity index (χ0v) is 8.60. The fourth-order valence-corrected chi connectivity index (χ4v) is 2.42. The summed E-state index contributed by atoms with van der Waals surface area (Å²) in [5.41, 5.74) is 0. The second-order valence-corrected chi connectivity index (χ2v) is 5.53. The minimum absolute atomic E-state index is 0.0812. The van der Waals surface area contributed by atoms with Gasteiger partial charge < -0.3 is 4.74 Å². The molecule has 0 radical (unpaired) electrons. The van der Waals surface area contributed by atoms with Crippen molar-refractivity contribution in [2.24, 2.45) is 0 Å². The van der Waals surface area contributed by atoms with E-state index in [0.717, 1.165) is 0 Å². The van der Waals surface area contributed by atoms with Crippen LogP contribution in [0, 0.1) is 0 Å². The van der Waals surface area contributed by atoms with Gasteiger partial charge in [0, 0.05) is 23.8 Å². The standard InChI is InChI=1S/C6H12ClNO3S/c1-5-3-8(12(7,9)10)4-6(2)11-5/h5-6H,3-4H2,1-2H3. The number of rotatable bonds is 1. The number of ether oxygens (including phenoxy) is 1. The van der Waals surface area contributed by atoms with Crippen molar-refractivity contribution in [3.8, 4) is 0 Å². The molecule has 6 heteroatoms. The van der Waals surface area contributed by atoms with E-state index < -0.39 is 9.24 Å². The average Bonchev–Trinajstić information content (AvgIpc) is 1.82. The molecule has 0 aromatic carbocycles. The van der Waals surface area contributed by atoms with Crippen LogP contribution in [0.1, 0.15) is 13.8 Å². The van der Waals surface area contributed by atoms with Crippen molar-refractivity contribution >= 4 is 19.9 Å². The lowest BCUT2D eigenvalue weighted by Crippen LogP contribution is -2.46. The van der Waals surface area contributed by atoms with Gasteiger partial charge in [0.25, 0.3) is 9.24 Å². The Hall–Kier alpha value is 0.160. The maximum atomic E-state index is 10.9. The summed E-state index contributed by atoms with van der Waals surface area (Å²) in [5.74, 6) is 0. The van der Waals surface area contributed by atoms with E-state index in [1.165, 1.54) is 4.31 Å². The van der Waals surface area contributed by atoms with Crippen molar-refractivity contribution in [3.63, 3.8) is 0 Å². The first kappa shape index (κ1) is 10.2. The van der Waals surface area contributed by atoms with Gasteiger partial charge in [-0.1, -0.05) is 0 Å². The third-order valence-corrected chi connectivity index (χ3v) is 3.20. The van der Waals surface area contributed by atoms with E-state index >= 15 is 0 Å². The Bertz CT molecular complexity index is 244. The Morgan fingerprint density at radius 2 is 1.75 bits per heavy atom. The van der Waals surface area contributed by atoms with Crippen LogP contribution in [0.15, 0.2) is 0 Å². The van der Waals surface area contributed by atoms with Gasteiger partial charge in [-0.25, -0.2) is 0 Å². The Morgan fingerprint density at radius 3 is 2.08 bits per heavy atom. The van der Waals surface area contributed by atoms with E-state index in [9.17, 15) is 8.42 Å². The molecule has 0 saturated carbocycles. The van der Waals surface area contributed by atoms with E-state index in [1.807, 2.05) is 13.8 Å². The first-order valence-corrected chi connectivity index (χ1v) is 6.01. The van der Waals surface area contributed by atoms with Gasteiger partial charge in [0.15, 0.2) is 0 Å².